The molecule has 0 aromatic heterocycles. The summed E-state index contributed by atoms with van der Waals surface area (Å²) in [6.07, 6.45) is 0. The molecule has 0 saturated carbocycles. The lowest BCUT2D eigenvalue weighted by Crippen LogP contribution is -2.13. The molecule has 35 heavy (non-hydrogen) atoms. The van der Waals surface area contributed by atoms with Crippen molar-refractivity contribution in [1.29, 1.82) is 0 Å². The van der Waals surface area contributed by atoms with Crippen LogP contribution in [0.1, 0.15) is 11.1 Å². The molecule has 0 saturated heterocycles. The molecule has 0 radical (unpaired) electrons. The molecule has 9 heteroatoms. The molecule has 0 fully saturated rings. The molecule has 4 aromatic carbocycles. The molecule has 4 rings (SSSR count). The predicted molar refractivity (Wildman–Crippen MR) is 141 cm³/mol. The summed E-state index contributed by atoms with van der Waals surface area (Å²) in [6, 6.07) is 26.7. The molecule has 0 aliphatic carbocycles. The van der Waals surface area contributed by atoms with Crippen LogP contribution in [-0.4, -0.2) is 16.8 Å². The monoisotopic (exact) mass is 524 g/mol. The zero-order valence-corrected chi connectivity index (χ0v) is 21.5. The van der Waals surface area contributed by atoms with Crippen LogP contribution in [0.4, 0.5) is 11.4 Å². The van der Waals surface area contributed by atoms with Crippen molar-refractivity contribution in [1.82, 2.24) is 0 Å². The lowest BCUT2D eigenvalue weighted by atomic mass is 10.2. The third kappa shape index (κ3) is 6.05. The first-order chi connectivity index (χ1) is 16.6. The van der Waals surface area contributed by atoms with Crippen molar-refractivity contribution < 1.29 is 16.8 Å². The maximum absolute atomic E-state index is 13.3. The number of benzene rings is 4. The van der Waals surface area contributed by atoms with E-state index in [1.807, 2.05) is 38.1 Å². The van der Waals surface area contributed by atoms with Gasteiger partial charge in [0.25, 0.3) is 10.0 Å². The number of hydrogen-bond donors (Lipinski definition) is 2. The average Bonchev–Trinajstić information content (AvgIpc) is 2.84. The van der Waals surface area contributed by atoms with E-state index in [1.54, 1.807) is 30.3 Å². The summed E-state index contributed by atoms with van der Waals surface area (Å²) < 4.78 is 57.7. The molecular weight excluding hydrogens is 500 g/mol. The van der Waals surface area contributed by atoms with Crippen molar-refractivity contribution in [2.24, 2.45) is 0 Å². The number of nitrogens with one attached hydrogen (secondary N) is 2. The fraction of sp³-hybridized carbons (Fsp3) is 0.0769. The normalized spacial score (nSPS) is 11.7. The molecule has 0 bridgehead atoms. The van der Waals surface area contributed by atoms with Crippen LogP contribution in [0.15, 0.2) is 117 Å². The van der Waals surface area contributed by atoms with Crippen LogP contribution in [0.5, 0.6) is 0 Å². The van der Waals surface area contributed by atoms with Gasteiger partial charge in [0.15, 0.2) is 0 Å². The number of sulfone groups is 1. The van der Waals surface area contributed by atoms with E-state index in [2.05, 4.69) is 9.44 Å². The van der Waals surface area contributed by atoms with Crippen molar-refractivity contribution in [3.8, 4) is 0 Å². The third-order valence-electron chi connectivity index (χ3n) is 5.18. The topological polar surface area (TPSA) is 92.3 Å². The van der Waals surface area contributed by atoms with Gasteiger partial charge in [-0.15, -0.1) is 0 Å². The molecular formula is C26H24N2O4S3. The molecule has 4 aromatic rings. The summed E-state index contributed by atoms with van der Waals surface area (Å²) >= 11 is 1.38. The van der Waals surface area contributed by atoms with Gasteiger partial charge in [0, 0.05) is 10.6 Å². The second-order valence-electron chi connectivity index (χ2n) is 7.99. The highest BCUT2D eigenvalue weighted by atomic mass is 32.2. The van der Waals surface area contributed by atoms with Crippen molar-refractivity contribution >= 4 is 43.2 Å². The van der Waals surface area contributed by atoms with Gasteiger partial charge >= 0.3 is 0 Å². The van der Waals surface area contributed by atoms with Crippen LogP contribution in [-0.2, 0) is 19.9 Å². The lowest BCUT2D eigenvalue weighted by molar-refractivity contribution is 0.595. The molecule has 0 aliphatic heterocycles. The number of aryl methyl sites for hydroxylation is 2. The largest absolute Gasteiger partial charge is 0.326 e. The van der Waals surface area contributed by atoms with Gasteiger partial charge in [-0.3, -0.25) is 4.72 Å². The fourth-order valence-electron chi connectivity index (χ4n) is 3.25. The van der Waals surface area contributed by atoms with Crippen LogP contribution >= 0.6 is 11.9 Å². The fourth-order valence-corrected chi connectivity index (χ4v) is 6.28. The minimum absolute atomic E-state index is 0.00931. The van der Waals surface area contributed by atoms with Gasteiger partial charge in [0.2, 0.25) is 9.84 Å². The second kappa shape index (κ2) is 10.2. The lowest BCUT2D eigenvalue weighted by Gasteiger charge is -2.11. The number of sulfonamides is 1. The van der Waals surface area contributed by atoms with E-state index < -0.39 is 19.9 Å². The zero-order valence-electron chi connectivity index (χ0n) is 19.1. The molecule has 2 N–H and O–H groups in total. The summed E-state index contributed by atoms with van der Waals surface area (Å²) in [7, 11) is -7.74. The zero-order chi connectivity index (χ0) is 25.1. The molecule has 0 aliphatic rings. The van der Waals surface area contributed by atoms with Gasteiger partial charge in [-0.1, -0.05) is 47.5 Å². The Morgan fingerprint density at radius 2 is 1.11 bits per heavy atom. The van der Waals surface area contributed by atoms with Crippen LogP contribution in [0.25, 0.3) is 0 Å². The summed E-state index contributed by atoms with van der Waals surface area (Å²) in [5.41, 5.74) is 2.89. The molecule has 0 amide bonds. The Morgan fingerprint density at radius 1 is 0.600 bits per heavy atom. The van der Waals surface area contributed by atoms with E-state index >= 15 is 0 Å². The number of hydrogen-bond acceptors (Lipinski definition) is 6. The summed E-state index contributed by atoms with van der Waals surface area (Å²) in [4.78, 5) is 1.19. The van der Waals surface area contributed by atoms with E-state index in [1.165, 1.54) is 54.4 Å². The Kier molecular flexibility index (Phi) is 7.20. The van der Waals surface area contributed by atoms with Gasteiger partial charge in [-0.05, 0) is 86.5 Å². The Morgan fingerprint density at radius 3 is 1.71 bits per heavy atom. The first-order valence-electron chi connectivity index (χ1n) is 10.7. The average molecular weight is 525 g/mol. The minimum atomic E-state index is -3.88. The first kappa shape index (κ1) is 24.8. The SMILES string of the molecule is Cc1ccc(SNc2cccc(S(=O)(=O)c3cccc(NS(=O)(=O)c4ccc(C)cc4)c3)c2)cc1. The molecule has 0 unspecified atom stereocenters. The molecule has 0 spiro atoms. The number of rotatable bonds is 8. The second-order valence-corrected chi connectivity index (χ2v) is 12.5. The Bertz CT molecular complexity index is 1550. The highest BCUT2D eigenvalue weighted by Crippen LogP contribution is 2.28. The standard InChI is InChI=1S/C26H24N2O4S3/c1-19-9-13-23(14-10-19)33-27-21-5-3-7-25(17-21)34(29,30)26-8-4-6-22(18-26)28-35(31,32)24-15-11-20(2)12-16-24/h3-18,27-28H,1-2H3. The molecule has 0 atom stereocenters. The molecule has 0 heterocycles. The molecule has 180 valence electrons. The quantitative estimate of drug-likeness (QED) is 0.272. The van der Waals surface area contributed by atoms with Gasteiger partial charge < -0.3 is 4.72 Å². The Balaban J connectivity index is 1.55. The smallest absolute Gasteiger partial charge is 0.261 e. The van der Waals surface area contributed by atoms with Crippen molar-refractivity contribution in [2.45, 2.75) is 33.4 Å². The first-order valence-corrected chi connectivity index (χ1v) is 14.5. The van der Waals surface area contributed by atoms with Crippen LogP contribution in [0.2, 0.25) is 0 Å². The molecule has 6 nitrogen and oxygen atoms in total. The predicted octanol–water partition coefficient (Wildman–Crippen LogP) is 6.06. The van der Waals surface area contributed by atoms with Gasteiger partial charge in [-0.25, -0.2) is 16.8 Å². The maximum atomic E-state index is 13.3. The van der Waals surface area contributed by atoms with Crippen LogP contribution in [0, 0.1) is 13.8 Å². The van der Waals surface area contributed by atoms with E-state index in [9.17, 15) is 16.8 Å². The summed E-state index contributed by atoms with van der Waals surface area (Å²) in [6.45, 7) is 3.88. The van der Waals surface area contributed by atoms with Gasteiger partial charge in [-0.2, -0.15) is 0 Å². The summed E-state index contributed by atoms with van der Waals surface area (Å²) in [5, 5.41) is 0. The van der Waals surface area contributed by atoms with Crippen LogP contribution in [0.3, 0.4) is 0 Å². The van der Waals surface area contributed by atoms with E-state index in [0.717, 1.165) is 16.0 Å². The minimum Gasteiger partial charge on any atom is -0.326 e. The van der Waals surface area contributed by atoms with E-state index in [4.69, 9.17) is 0 Å². The van der Waals surface area contributed by atoms with Crippen molar-refractivity contribution in [3.05, 3.63) is 108 Å². The third-order valence-corrected chi connectivity index (χ3v) is 9.17. The Labute approximate surface area is 210 Å². The highest BCUT2D eigenvalue weighted by Gasteiger charge is 2.20. The number of anilines is 2. The highest BCUT2D eigenvalue weighted by molar-refractivity contribution is 8.00. The van der Waals surface area contributed by atoms with Crippen molar-refractivity contribution in [2.75, 3.05) is 9.44 Å². The Hall–Kier alpha value is -3.27. The summed E-state index contributed by atoms with van der Waals surface area (Å²) in [5.74, 6) is 0. The van der Waals surface area contributed by atoms with Crippen molar-refractivity contribution in [3.63, 3.8) is 0 Å². The van der Waals surface area contributed by atoms with E-state index in [0.29, 0.717) is 5.69 Å². The van der Waals surface area contributed by atoms with Gasteiger partial charge in [0.1, 0.15) is 0 Å². The van der Waals surface area contributed by atoms with Gasteiger partial charge in [0.05, 0.1) is 20.4 Å². The van der Waals surface area contributed by atoms with Crippen LogP contribution < -0.4 is 9.44 Å². The maximum Gasteiger partial charge on any atom is 0.261 e. The van der Waals surface area contributed by atoms with E-state index in [-0.39, 0.29) is 20.4 Å².